The molecule has 0 fully saturated rings. The molecule has 0 aromatic heterocycles. The van der Waals surface area contributed by atoms with E-state index in [-0.39, 0.29) is 12.0 Å². The van der Waals surface area contributed by atoms with E-state index in [1.165, 1.54) is 5.56 Å². The summed E-state index contributed by atoms with van der Waals surface area (Å²) in [5, 5.41) is 12.6. The maximum atomic E-state index is 9.05. The molecule has 2 N–H and O–H groups in total. The lowest BCUT2D eigenvalue weighted by molar-refractivity contribution is 0.174. The average Bonchev–Trinajstić information content (AvgIpc) is 2.90. The molecule has 1 aromatic rings. The number of hydrogen-bond donors (Lipinski definition) is 2. The van der Waals surface area contributed by atoms with Crippen molar-refractivity contribution in [3.05, 3.63) is 23.8 Å². The maximum Gasteiger partial charge on any atom is 0.231 e. The second-order valence-electron chi connectivity index (χ2n) is 6.65. The number of rotatable bonds is 8. The van der Waals surface area contributed by atoms with Crippen LogP contribution in [0.25, 0.3) is 0 Å². The summed E-state index contributed by atoms with van der Waals surface area (Å²) in [6.07, 6.45) is 2.93. The molecule has 21 heavy (non-hydrogen) atoms. The number of aliphatic hydroxyl groups is 1. The van der Waals surface area contributed by atoms with Crippen molar-refractivity contribution in [3.63, 3.8) is 0 Å². The minimum absolute atomic E-state index is 0.141. The summed E-state index contributed by atoms with van der Waals surface area (Å²) in [6.45, 7) is 8.08. The van der Waals surface area contributed by atoms with Crippen LogP contribution in [0.2, 0.25) is 0 Å². The molecule has 1 aliphatic heterocycles. The van der Waals surface area contributed by atoms with E-state index < -0.39 is 0 Å². The highest BCUT2D eigenvalue weighted by Crippen LogP contribution is 2.32. The minimum atomic E-state index is 0.141. The van der Waals surface area contributed by atoms with Gasteiger partial charge in [0.05, 0.1) is 0 Å². The van der Waals surface area contributed by atoms with Gasteiger partial charge in [0.1, 0.15) is 0 Å². The Kier molecular flexibility index (Phi) is 5.48. The summed E-state index contributed by atoms with van der Waals surface area (Å²) < 4.78 is 10.7. The quantitative estimate of drug-likeness (QED) is 0.774. The van der Waals surface area contributed by atoms with Crippen LogP contribution in [0.1, 0.15) is 39.2 Å². The van der Waals surface area contributed by atoms with E-state index in [1.54, 1.807) is 0 Å². The maximum absolute atomic E-state index is 9.05. The molecule has 118 valence electrons. The fraction of sp³-hybridized carbons (Fsp3) is 0.647. The Morgan fingerprint density at radius 3 is 2.81 bits per heavy atom. The van der Waals surface area contributed by atoms with Crippen molar-refractivity contribution in [2.75, 3.05) is 19.9 Å². The van der Waals surface area contributed by atoms with Gasteiger partial charge in [-0.15, -0.1) is 0 Å². The van der Waals surface area contributed by atoms with Gasteiger partial charge in [-0.1, -0.05) is 19.9 Å². The molecule has 1 atom stereocenters. The summed E-state index contributed by atoms with van der Waals surface area (Å²) in [6, 6.07) is 6.62. The van der Waals surface area contributed by atoms with Gasteiger partial charge in [0, 0.05) is 19.2 Å². The van der Waals surface area contributed by atoms with Gasteiger partial charge in [0.15, 0.2) is 11.5 Å². The number of nitrogens with one attached hydrogen (secondary N) is 1. The minimum Gasteiger partial charge on any atom is -0.454 e. The molecule has 0 amide bonds. The van der Waals surface area contributed by atoms with Gasteiger partial charge in [0.25, 0.3) is 0 Å². The zero-order valence-corrected chi connectivity index (χ0v) is 13.3. The second kappa shape index (κ2) is 7.14. The first kappa shape index (κ1) is 16.1. The lowest BCUT2D eigenvalue weighted by atomic mass is 9.89. The second-order valence-corrected chi connectivity index (χ2v) is 6.65. The molecule has 4 heteroatoms. The van der Waals surface area contributed by atoms with Crippen molar-refractivity contribution in [2.24, 2.45) is 5.41 Å². The summed E-state index contributed by atoms with van der Waals surface area (Å²) in [7, 11) is 0. The van der Waals surface area contributed by atoms with E-state index in [9.17, 15) is 0 Å². The molecule has 0 bridgehead atoms. The number of hydrogen-bond acceptors (Lipinski definition) is 4. The zero-order valence-electron chi connectivity index (χ0n) is 13.3. The third kappa shape index (κ3) is 4.90. The van der Waals surface area contributed by atoms with E-state index in [2.05, 4.69) is 38.2 Å². The van der Waals surface area contributed by atoms with Gasteiger partial charge >= 0.3 is 0 Å². The SMILES string of the molecule is CC(CCc1ccc2c(c1)OCO2)NCC(C)(C)CCO. The van der Waals surface area contributed by atoms with Crippen LogP contribution in [0.3, 0.4) is 0 Å². The van der Waals surface area contributed by atoms with E-state index in [4.69, 9.17) is 14.6 Å². The van der Waals surface area contributed by atoms with E-state index in [0.717, 1.165) is 37.3 Å². The molecule has 2 rings (SSSR count). The zero-order chi connectivity index (χ0) is 15.3. The Balaban J connectivity index is 1.75. The van der Waals surface area contributed by atoms with Crippen LogP contribution in [0.15, 0.2) is 18.2 Å². The lowest BCUT2D eigenvalue weighted by Crippen LogP contribution is -2.36. The molecule has 1 aliphatic rings. The van der Waals surface area contributed by atoms with E-state index in [0.29, 0.717) is 12.8 Å². The average molecular weight is 293 g/mol. The lowest BCUT2D eigenvalue weighted by Gasteiger charge is -2.26. The molecular weight excluding hydrogens is 266 g/mol. The monoisotopic (exact) mass is 293 g/mol. The van der Waals surface area contributed by atoms with Crippen molar-refractivity contribution in [3.8, 4) is 11.5 Å². The molecule has 4 nitrogen and oxygen atoms in total. The van der Waals surface area contributed by atoms with E-state index in [1.807, 2.05) is 6.07 Å². The summed E-state index contributed by atoms with van der Waals surface area (Å²) in [5.41, 5.74) is 1.42. The Morgan fingerprint density at radius 1 is 1.29 bits per heavy atom. The van der Waals surface area contributed by atoms with Crippen LogP contribution in [-0.2, 0) is 6.42 Å². The largest absolute Gasteiger partial charge is 0.454 e. The van der Waals surface area contributed by atoms with Gasteiger partial charge in [0.2, 0.25) is 6.79 Å². The van der Waals surface area contributed by atoms with Crippen molar-refractivity contribution < 1.29 is 14.6 Å². The Labute approximate surface area is 127 Å². The predicted octanol–water partition coefficient (Wildman–Crippen LogP) is 2.73. The number of benzene rings is 1. The highest BCUT2D eigenvalue weighted by Gasteiger charge is 2.18. The molecule has 0 radical (unpaired) electrons. The summed E-state index contributed by atoms with van der Waals surface area (Å²) in [4.78, 5) is 0. The third-order valence-electron chi connectivity index (χ3n) is 4.02. The highest BCUT2D eigenvalue weighted by atomic mass is 16.7. The van der Waals surface area contributed by atoms with E-state index >= 15 is 0 Å². The summed E-state index contributed by atoms with van der Waals surface area (Å²) >= 11 is 0. The van der Waals surface area contributed by atoms with Gasteiger partial charge < -0.3 is 19.9 Å². The fourth-order valence-electron chi connectivity index (χ4n) is 2.42. The van der Waals surface area contributed by atoms with Gasteiger partial charge in [-0.25, -0.2) is 0 Å². The van der Waals surface area contributed by atoms with Gasteiger partial charge in [-0.05, 0) is 49.3 Å². The Bertz CT molecular complexity index is 459. The van der Waals surface area contributed by atoms with Crippen LogP contribution < -0.4 is 14.8 Å². The molecule has 0 saturated carbocycles. The van der Waals surface area contributed by atoms with Crippen molar-refractivity contribution in [1.82, 2.24) is 5.32 Å². The molecule has 0 saturated heterocycles. The standard InChI is InChI=1S/C17H27NO3/c1-13(18-11-17(2,3)8-9-19)4-5-14-6-7-15-16(10-14)21-12-20-15/h6-7,10,13,18-19H,4-5,8-9,11-12H2,1-3H3. The first-order valence-electron chi connectivity index (χ1n) is 7.73. The molecule has 1 aromatic carbocycles. The normalized spacial score (nSPS) is 15.2. The first-order valence-corrected chi connectivity index (χ1v) is 7.73. The highest BCUT2D eigenvalue weighted by molar-refractivity contribution is 5.44. The number of aryl methyl sites for hydroxylation is 1. The van der Waals surface area contributed by atoms with Crippen molar-refractivity contribution in [1.29, 1.82) is 0 Å². The number of fused-ring (bicyclic) bond motifs is 1. The van der Waals surface area contributed by atoms with Crippen molar-refractivity contribution >= 4 is 0 Å². The number of ether oxygens (including phenoxy) is 2. The molecule has 1 unspecified atom stereocenters. The number of aliphatic hydroxyl groups excluding tert-OH is 1. The first-order chi connectivity index (χ1) is 10.00. The van der Waals surface area contributed by atoms with Crippen LogP contribution >= 0.6 is 0 Å². The van der Waals surface area contributed by atoms with Crippen LogP contribution in [-0.4, -0.2) is 31.1 Å². The predicted molar refractivity (Wildman–Crippen MR) is 83.8 cm³/mol. The van der Waals surface area contributed by atoms with Crippen LogP contribution in [0.4, 0.5) is 0 Å². The molecule has 0 aliphatic carbocycles. The molecular formula is C17H27NO3. The van der Waals surface area contributed by atoms with Crippen molar-refractivity contribution in [2.45, 2.75) is 46.1 Å². The molecule has 0 spiro atoms. The topological polar surface area (TPSA) is 50.7 Å². The smallest absolute Gasteiger partial charge is 0.231 e. The third-order valence-corrected chi connectivity index (χ3v) is 4.02. The fourth-order valence-corrected chi connectivity index (χ4v) is 2.42. The summed E-state index contributed by atoms with van der Waals surface area (Å²) in [5.74, 6) is 1.70. The van der Waals surface area contributed by atoms with Crippen LogP contribution in [0, 0.1) is 5.41 Å². The van der Waals surface area contributed by atoms with Crippen LogP contribution in [0.5, 0.6) is 11.5 Å². The molecule has 1 heterocycles. The van der Waals surface area contributed by atoms with Gasteiger partial charge in [-0.3, -0.25) is 0 Å². The Hall–Kier alpha value is -1.26. The van der Waals surface area contributed by atoms with Gasteiger partial charge in [-0.2, -0.15) is 0 Å². The Morgan fingerprint density at radius 2 is 2.05 bits per heavy atom.